The Morgan fingerprint density at radius 3 is 1.33 bits per heavy atom. The average Bonchev–Trinajstić information content (AvgIpc) is 1.78. The highest BCUT2D eigenvalue weighted by Crippen LogP contribution is 2.39. The van der Waals surface area contributed by atoms with Crippen molar-refractivity contribution in [2.45, 2.75) is 5.67 Å². The minimum atomic E-state index is -2.11. The summed E-state index contributed by atoms with van der Waals surface area (Å²) in [6, 6.07) is 0. The second kappa shape index (κ2) is 2.43. The van der Waals surface area contributed by atoms with E-state index >= 15 is 0 Å². The van der Waals surface area contributed by atoms with Crippen molar-refractivity contribution in [3.8, 4) is 0 Å². The molecule has 0 atom stereocenters. The van der Waals surface area contributed by atoms with Crippen LogP contribution in [0.1, 0.15) is 0 Å². The van der Waals surface area contributed by atoms with Gasteiger partial charge in [-0.3, -0.25) is 0 Å². The summed E-state index contributed by atoms with van der Waals surface area (Å²) in [5.41, 5.74) is 4.22. The summed E-state index contributed by atoms with van der Waals surface area (Å²) in [5.74, 6) is 0. The van der Waals surface area contributed by atoms with Crippen molar-refractivity contribution in [2.75, 3.05) is 0 Å². The summed E-state index contributed by atoms with van der Waals surface area (Å²) in [4.78, 5) is 0. The minimum absolute atomic E-state index is 0.631. The van der Waals surface area contributed by atoms with Crippen LogP contribution in [0.5, 0.6) is 0 Å². The topological polar surface area (TPSA) is 0 Å². The molecular weight excluding hydrogens is 234 g/mol. The predicted octanol–water partition coefficient (Wildman–Crippen LogP) is 3.01. The predicted molar refractivity (Wildman–Crippen MR) is 48.9 cm³/mol. The van der Waals surface area contributed by atoms with Crippen LogP contribution in [0.25, 0.3) is 0 Å². The largest absolute Gasteiger partial charge is 0.273 e. The SMILES string of the molecule is Cl[Si]1(Cl)C=C[Si](Cl)(Cl)C1. The summed E-state index contributed by atoms with van der Waals surface area (Å²) in [6.45, 7) is -4.23. The van der Waals surface area contributed by atoms with Gasteiger partial charge in [-0.05, 0) is 5.67 Å². The Hall–Kier alpha value is 1.33. The first-order valence-electron chi connectivity index (χ1n) is 2.37. The average molecular weight is 238 g/mol. The Morgan fingerprint density at radius 1 is 0.889 bits per heavy atom. The summed E-state index contributed by atoms with van der Waals surface area (Å²) in [5, 5.41) is 0. The molecule has 1 aliphatic heterocycles. The molecule has 0 spiro atoms. The Balaban J connectivity index is 2.71. The van der Waals surface area contributed by atoms with Gasteiger partial charge in [0.05, 0.1) is 0 Å². The van der Waals surface area contributed by atoms with Crippen molar-refractivity contribution in [3.63, 3.8) is 0 Å². The smallest absolute Gasteiger partial charge is 0.141 e. The van der Waals surface area contributed by atoms with Crippen LogP contribution in [0.15, 0.2) is 11.4 Å². The zero-order valence-corrected chi connectivity index (χ0v) is 9.40. The van der Waals surface area contributed by atoms with E-state index in [2.05, 4.69) is 0 Å². The fourth-order valence-electron chi connectivity index (χ4n) is 0.676. The number of hydrogen-bond acceptors (Lipinski definition) is 0. The maximum atomic E-state index is 5.84. The Kier molecular flexibility index (Phi) is 2.28. The van der Waals surface area contributed by atoms with E-state index < -0.39 is 13.4 Å². The molecular formula is C3H4Cl4Si2. The first-order chi connectivity index (χ1) is 3.91. The summed E-state index contributed by atoms with van der Waals surface area (Å²) < 4.78 is 0. The third-order valence-corrected chi connectivity index (χ3v) is 12.8. The van der Waals surface area contributed by atoms with Gasteiger partial charge in [0.1, 0.15) is 0 Å². The lowest BCUT2D eigenvalue weighted by Gasteiger charge is -2.08. The first kappa shape index (κ1) is 8.43. The van der Waals surface area contributed by atoms with Crippen LogP contribution in [0.3, 0.4) is 0 Å². The standard InChI is InChI=1S/C3H4Cl4Si2/c4-8(5)1-2-9(6,7)3-8/h1-2H,3H2. The monoisotopic (exact) mass is 236 g/mol. The molecule has 0 saturated carbocycles. The molecule has 0 bridgehead atoms. The highest BCUT2D eigenvalue weighted by atomic mass is 35.7. The summed E-state index contributed by atoms with van der Waals surface area (Å²) >= 11 is 23.3. The molecule has 1 heterocycles. The minimum Gasteiger partial charge on any atom is -0.141 e. The Labute approximate surface area is 74.6 Å². The summed E-state index contributed by atoms with van der Waals surface area (Å²) in [7, 11) is 0. The zero-order valence-electron chi connectivity index (χ0n) is 4.37. The maximum Gasteiger partial charge on any atom is 0.273 e. The lowest BCUT2D eigenvalue weighted by Crippen LogP contribution is -2.22. The zero-order chi connectivity index (χ0) is 7.12. The van der Waals surface area contributed by atoms with Crippen LogP contribution in [0, 0.1) is 0 Å². The van der Waals surface area contributed by atoms with Crippen LogP contribution in [-0.4, -0.2) is 13.4 Å². The second-order valence-corrected chi connectivity index (χ2v) is 16.4. The number of rotatable bonds is 0. The molecule has 0 N–H and O–H groups in total. The van der Waals surface area contributed by atoms with Crippen LogP contribution >= 0.6 is 44.3 Å². The quantitative estimate of drug-likeness (QED) is 0.449. The molecule has 0 aliphatic carbocycles. The fraction of sp³-hybridized carbons (Fsp3) is 0.333. The van der Waals surface area contributed by atoms with E-state index in [9.17, 15) is 0 Å². The molecule has 0 aromatic carbocycles. The van der Waals surface area contributed by atoms with Gasteiger partial charge in [-0.15, -0.1) is 44.3 Å². The van der Waals surface area contributed by atoms with Crippen LogP contribution < -0.4 is 0 Å². The van der Waals surface area contributed by atoms with Gasteiger partial charge in [0, 0.05) is 0 Å². The normalized spacial score (nSPS) is 28.9. The van der Waals surface area contributed by atoms with Gasteiger partial charge in [0.2, 0.25) is 0 Å². The third kappa shape index (κ3) is 2.44. The van der Waals surface area contributed by atoms with Crippen molar-refractivity contribution < 1.29 is 0 Å². The molecule has 1 aliphatic rings. The highest BCUT2D eigenvalue weighted by molar-refractivity contribution is 7.61. The van der Waals surface area contributed by atoms with Crippen molar-refractivity contribution in [1.29, 1.82) is 0 Å². The molecule has 0 aromatic rings. The van der Waals surface area contributed by atoms with E-state index in [1.807, 2.05) is 0 Å². The molecule has 0 fully saturated rings. The lowest BCUT2D eigenvalue weighted by molar-refractivity contribution is 1.98. The van der Waals surface area contributed by atoms with Gasteiger partial charge in [0.25, 0.3) is 13.4 Å². The van der Waals surface area contributed by atoms with E-state index in [1.54, 1.807) is 11.4 Å². The van der Waals surface area contributed by atoms with E-state index in [-0.39, 0.29) is 0 Å². The van der Waals surface area contributed by atoms with Crippen molar-refractivity contribution >= 4 is 57.7 Å². The molecule has 6 heteroatoms. The van der Waals surface area contributed by atoms with Crippen molar-refractivity contribution in [3.05, 3.63) is 11.4 Å². The van der Waals surface area contributed by atoms with Crippen LogP contribution in [0.2, 0.25) is 5.67 Å². The van der Waals surface area contributed by atoms with E-state index in [1.165, 1.54) is 0 Å². The Morgan fingerprint density at radius 2 is 1.22 bits per heavy atom. The van der Waals surface area contributed by atoms with Gasteiger partial charge in [-0.2, -0.15) is 0 Å². The molecule has 0 nitrogen and oxygen atoms in total. The molecule has 0 aromatic heterocycles. The summed E-state index contributed by atoms with van der Waals surface area (Å²) in [6.07, 6.45) is 0. The van der Waals surface area contributed by atoms with Crippen LogP contribution in [0.4, 0.5) is 0 Å². The molecule has 0 saturated heterocycles. The van der Waals surface area contributed by atoms with Gasteiger partial charge >= 0.3 is 0 Å². The van der Waals surface area contributed by atoms with Gasteiger partial charge in [-0.1, -0.05) is 11.4 Å². The highest BCUT2D eigenvalue weighted by Gasteiger charge is 2.43. The second-order valence-electron chi connectivity index (χ2n) is 2.03. The molecule has 0 radical (unpaired) electrons. The first-order valence-corrected chi connectivity index (χ1v) is 11.0. The molecule has 0 unspecified atom stereocenters. The molecule has 1 rings (SSSR count). The fourth-order valence-corrected chi connectivity index (χ4v) is 18.4. The van der Waals surface area contributed by atoms with E-state index in [0.29, 0.717) is 5.67 Å². The third-order valence-electron chi connectivity index (χ3n) is 1.04. The van der Waals surface area contributed by atoms with Crippen LogP contribution in [-0.2, 0) is 0 Å². The molecule has 9 heavy (non-hydrogen) atoms. The van der Waals surface area contributed by atoms with E-state index in [0.717, 1.165) is 0 Å². The van der Waals surface area contributed by atoms with Gasteiger partial charge in [0.15, 0.2) is 0 Å². The van der Waals surface area contributed by atoms with Gasteiger partial charge in [-0.25, -0.2) is 0 Å². The number of hydrogen-bond donors (Lipinski definition) is 0. The number of halogens is 4. The molecule has 52 valence electrons. The van der Waals surface area contributed by atoms with Gasteiger partial charge < -0.3 is 0 Å². The maximum absolute atomic E-state index is 5.84. The Bertz CT molecular complexity index is 136. The van der Waals surface area contributed by atoms with E-state index in [4.69, 9.17) is 44.3 Å². The molecule has 0 amide bonds. The van der Waals surface area contributed by atoms with Crippen molar-refractivity contribution in [1.82, 2.24) is 0 Å². The van der Waals surface area contributed by atoms with Crippen molar-refractivity contribution in [2.24, 2.45) is 0 Å². The lowest BCUT2D eigenvalue weighted by atomic mass is 11.2.